The summed E-state index contributed by atoms with van der Waals surface area (Å²) in [6.07, 6.45) is 4.24. The molecule has 0 aromatic heterocycles. The molecule has 0 spiro atoms. The predicted molar refractivity (Wildman–Crippen MR) is 71.4 cm³/mol. The summed E-state index contributed by atoms with van der Waals surface area (Å²) in [5, 5.41) is 10.1. The molecule has 3 N–H and O–H groups in total. The van der Waals surface area contributed by atoms with E-state index in [4.69, 9.17) is 10.5 Å². The zero-order valence-electron chi connectivity index (χ0n) is 10.2. The van der Waals surface area contributed by atoms with Gasteiger partial charge in [-0.15, -0.1) is 0 Å². The average molecular weight is 300 g/mol. The number of phenols is 1. The molecular formula is C13H18BrNO2. The van der Waals surface area contributed by atoms with E-state index in [1.165, 1.54) is 0 Å². The Balaban J connectivity index is 2.58. The Morgan fingerprint density at radius 2 is 2.00 bits per heavy atom. The first kappa shape index (κ1) is 12.7. The van der Waals surface area contributed by atoms with Gasteiger partial charge in [-0.1, -0.05) is 12.8 Å². The van der Waals surface area contributed by atoms with Crippen LogP contribution in [0.4, 0.5) is 0 Å². The molecule has 3 nitrogen and oxygen atoms in total. The third kappa shape index (κ3) is 2.04. The number of nitrogens with two attached hydrogens (primary N) is 1. The van der Waals surface area contributed by atoms with Crippen LogP contribution >= 0.6 is 15.9 Å². The Morgan fingerprint density at radius 3 is 2.53 bits per heavy atom. The second-order valence-corrected chi connectivity index (χ2v) is 5.59. The predicted octanol–water partition coefficient (Wildman–Crippen LogP) is 3.20. The maximum Gasteiger partial charge on any atom is 0.172 e. The smallest absolute Gasteiger partial charge is 0.172 e. The van der Waals surface area contributed by atoms with Crippen LogP contribution in [0.1, 0.15) is 36.8 Å². The van der Waals surface area contributed by atoms with Crippen molar-refractivity contribution in [3.05, 3.63) is 21.7 Å². The topological polar surface area (TPSA) is 55.5 Å². The summed E-state index contributed by atoms with van der Waals surface area (Å²) < 4.78 is 5.82. The van der Waals surface area contributed by atoms with Gasteiger partial charge in [-0.2, -0.15) is 0 Å². The van der Waals surface area contributed by atoms with Gasteiger partial charge in [0.1, 0.15) is 0 Å². The third-order valence-electron chi connectivity index (χ3n) is 3.62. The van der Waals surface area contributed by atoms with E-state index in [1.54, 1.807) is 7.11 Å². The molecule has 0 aliphatic heterocycles. The molecule has 1 aliphatic rings. The first-order valence-electron chi connectivity index (χ1n) is 5.85. The van der Waals surface area contributed by atoms with Crippen LogP contribution in [0.15, 0.2) is 10.5 Å². The molecule has 0 unspecified atom stereocenters. The van der Waals surface area contributed by atoms with E-state index in [-0.39, 0.29) is 11.3 Å². The molecule has 1 fully saturated rings. The van der Waals surface area contributed by atoms with Crippen molar-refractivity contribution in [3.8, 4) is 11.5 Å². The Hall–Kier alpha value is -0.740. The van der Waals surface area contributed by atoms with E-state index in [1.807, 2.05) is 13.0 Å². The van der Waals surface area contributed by atoms with E-state index >= 15 is 0 Å². The van der Waals surface area contributed by atoms with Crippen LogP contribution in [0.2, 0.25) is 0 Å². The fraction of sp³-hybridized carbons (Fsp3) is 0.538. The second kappa shape index (κ2) is 4.50. The van der Waals surface area contributed by atoms with Gasteiger partial charge in [0.05, 0.1) is 11.6 Å². The highest BCUT2D eigenvalue weighted by Gasteiger charge is 2.35. The van der Waals surface area contributed by atoms with E-state index in [9.17, 15) is 5.11 Å². The number of aromatic hydroxyl groups is 1. The van der Waals surface area contributed by atoms with Gasteiger partial charge in [0.2, 0.25) is 0 Å². The average Bonchev–Trinajstić information content (AvgIpc) is 2.71. The molecule has 0 radical (unpaired) electrons. The lowest BCUT2D eigenvalue weighted by Gasteiger charge is -2.28. The van der Waals surface area contributed by atoms with Gasteiger partial charge in [0, 0.05) is 5.54 Å². The minimum absolute atomic E-state index is 0.143. The summed E-state index contributed by atoms with van der Waals surface area (Å²) in [5.74, 6) is 0.629. The Morgan fingerprint density at radius 1 is 1.41 bits per heavy atom. The lowest BCUT2D eigenvalue weighted by Crippen LogP contribution is -2.34. The number of aryl methyl sites for hydroxylation is 1. The molecule has 2 rings (SSSR count). The molecule has 0 heterocycles. The van der Waals surface area contributed by atoms with Gasteiger partial charge in [-0.25, -0.2) is 0 Å². The summed E-state index contributed by atoms with van der Waals surface area (Å²) in [6, 6.07) is 1.85. The zero-order valence-corrected chi connectivity index (χ0v) is 11.8. The van der Waals surface area contributed by atoms with Crippen molar-refractivity contribution in [2.75, 3.05) is 7.11 Å². The molecule has 17 heavy (non-hydrogen) atoms. The minimum atomic E-state index is -0.313. The highest BCUT2D eigenvalue weighted by atomic mass is 79.9. The molecule has 1 aromatic carbocycles. The summed E-state index contributed by atoms with van der Waals surface area (Å²) in [5.41, 5.74) is 8.23. The number of methoxy groups -OCH3 is 1. The number of benzene rings is 1. The first-order valence-corrected chi connectivity index (χ1v) is 6.64. The van der Waals surface area contributed by atoms with Crippen LogP contribution in [-0.2, 0) is 5.54 Å². The van der Waals surface area contributed by atoms with Gasteiger partial charge in [-0.3, -0.25) is 0 Å². The van der Waals surface area contributed by atoms with Gasteiger partial charge in [-0.05, 0) is 52.9 Å². The SMILES string of the molecule is COc1cc(C)c(C2(N)CCCC2)c(Br)c1O. The molecule has 0 amide bonds. The lowest BCUT2D eigenvalue weighted by atomic mass is 9.86. The van der Waals surface area contributed by atoms with Crippen molar-refractivity contribution >= 4 is 15.9 Å². The van der Waals surface area contributed by atoms with Crippen molar-refractivity contribution in [1.82, 2.24) is 0 Å². The zero-order chi connectivity index (χ0) is 12.6. The molecule has 1 saturated carbocycles. The highest BCUT2D eigenvalue weighted by molar-refractivity contribution is 9.10. The summed E-state index contributed by atoms with van der Waals surface area (Å²) in [4.78, 5) is 0. The molecule has 0 saturated heterocycles. The molecule has 94 valence electrons. The number of halogens is 1. The highest BCUT2D eigenvalue weighted by Crippen LogP contribution is 2.47. The Labute approximate surface area is 110 Å². The Bertz CT molecular complexity index is 440. The van der Waals surface area contributed by atoms with Gasteiger partial charge in [0.25, 0.3) is 0 Å². The van der Waals surface area contributed by atoms with Crippen molar-refractivity contribution < 1.29 is 9.84 Å². The first-order chi connectivity index (χ1) is 7.99. The number of hydrogen-bond donors (Lipinski definition) is 2. The van der Waals surface area contributed by atoms with Gasteiger partial charge in [0.15, 0.2) is 11.5 Å². The largest absolute Gasteiger partial charge is 0.503 e. The molecule has 0 bridgehead atoms. The van der Waals surface area contributed by atoms with Crippen molar-refractivity contribution in [1.29, 1.82) is 0 Å². The second-order valence-electron chi connectivity index (χ2n) is 4.80. The molecular weight excluding hydrogens is 282 g/mol. The summed E-state index contributed by atoms with van der Waals surface area (Å²) in [6.45, 7) is 2.01. The van der Waals surface area contributed by atoms with E-state index in [0.717, 1.165) is 36.8 Å². The van der Waals surface area contributed by atoms with Crippen LogP contribution in [0.25, 0.3) is 0 Å². The Kier molecular flexibility index (Phi) is 3.36. The monoisotopic (exact) mass is 299 g/mol. The fourth-order valence-electron chi connectivity index (χ4n) is 2.76. The molecule has 1 aromatic rings. The van der Waals surface area contributed by atoms with E-state index in [0.29, 0.717) is 10.2 Å². The summed E-state index contributed by atoms with van der Waals surface area (Å²) in [7, 11) is 1.55. The molecule has 4 heteroatoms. The lowest BCUT2D eigenvalue weighted by molar-refractivity contribution is 0.367. The van der Waals surface area contributed by atoms with Crippen LogP contribution in [0.3, 0.4) is 0 Å². The minimum Gasteiger partial charge on any atom is -0.503 e. The quantitative estimate of drug-likeness (QED) is 0.882. The van der Waals surface area contributed by atoms with Crippen molar-refractivity contribution in [2.45, 2.75) is 38.1 Å². The fourth-order valence-corrected chi connectivity index (χ4v) is 3.66. The number of hydrogen-bond acceptors (Lipinski definition) is 3. The van der Waals surface area contributed by atoms with Gasteiger partial charge < -0.3 is 15.6 Å². The van der Waals surface area contributed by atoms with Crippen molar-refractivity contribution in [2.24, 2.45) is 5.73 Å². The molecule has 0 atom stereocenters. The number of phenolic OH excluding ortho intramolecular Hbond substituents is 1. The van der Waals surface area contributed by atoms with E-state index < -0.39 is 0 Å². The number of ether oxygens (including phenoxy) is 1. The van der Waals surface area contributed by atoms with E-state index in [2.05, 4.69) is 15.9 Å². The van der Waals surface area contributed by atoms with Crippen LogP contribution in [-0.4, -0.2) is 12.2 Å². The third-order valence-corrected chi connectivity index (χ3v) is 4.39. The molecule has 1 aliphatic carbocycles. The standard InChI is InChI=1S/C13H18BrNO2/c1-8-7-9(17-2)12(16)11(14)10(8)13(15)5-3-4-6-13/h7,16H,3-6,15H2,1-2H3. The summed E-state index contributed by atoms with van der Waals surface area (Å²) >= 11 is 3.46. The van der Waals surface area contributed by atoms with Crippen LogP contribution < -0.4 is 10.5 Å². The van der Waals surface area contributed by atoms with Crippen LogP contribution in [0, 0.1) is 6.92 Å². The normalized spacial score (nSPS) is 18.4. The van der Waals surface area contributed by atoms with Gasteiger partial charge >= 0.3 is 0 Å². The maximum absolute atomic E-state index is 10.1. The van der Waals surface area contributed by atoms with Crippen LogP contribution in [0.5, 0.6) is 11.5 Å². The maximum atomic E-state index is 10.1. The van der Waals surface area contributed by atoms with Crippen molar-refractivity contribution in [3.63, 3.8) is 0 Å². The number of rotatable bonds is 2.